The fraction of sp³-hybridized carbons (Fsp3) is 0.684. The monoisotopic (exact) mass is 349 g/mol. The average Bonchev–Trinajstić information content (AvgIpc) is 2.55. The Bertz CT molecular complexity index is 571. The van der Waals surface area contributed by atoms with Gasteiger partial charge in [0.15, 0.2) is 0 Å². The third-order valence-electron chi connectivity index (χ3n) is 4.25. The van der Waals surface area contributed by atoms with Crippen LogP contribution in [0.2, 0.25) is 0 Å². The highest BCUT2D eigenvalue weighted by Crippen LogP contribution is 2.27. The van der Waals surface area contributed by atoms with Gasteiger partial charge in [0.05, 0.1) is 12.3 Å². The first kappa shape index (κ1) is 19.3. The van der Waals surface area contributed by atoms with Crippen molar-refractivity contribution in [2.75, 3.05) is 25.0 Å². The van der Waals surface area contributed by atoms with E-state index in [1.54, 1.807) is 6.20 Å². The Kier molecular flexibility index (Phi) is 6.51. The average molecular weight is 349 g/mol. The largest absolute Gasteiger partial charge is 0.476 e. The van der Waals surface area contributed by atoms with Gasteiger partial charge in [-0.15, -0.1) is 0 Å². The Labute approximate surface area is 150 Å². The molecule has 0 saturated carbocycles. The molecule has 1 N–H and O–H groups in total. The van der Waals surface area contributed by atoms with E-state index in [1.165, 1.54) is 0 Å². The maximum atomic E-state index is 12.3. The zero-order valence-electron chi connectivity index (χ0n) is 16.0. The highest BCUT2D eigenvalue weighted by molar-refractivity contribution is 5.68. The van der Waals surface area contributed by atoms with Crippen molar-refractivity contribution in [1.82, 2.24) is 9.88 Å². The van der Waals surface area contributed by atoms with Crippen molar-refractivity contribution in [1.29, 1.82) is 0 Å². The van der Waals surface area contributed by atoms with E-state index in [0.29, 0.717) is 24.9 Å². The summed E-state index contributed by atoms with van der Waals surface area (Å²) in [5.41, 5.74) is 0.432. The number of anilines is 1. The van der Waals surface area contributed by atoms with Gasteiger partial charge in [-0.05, 0) is 65.5 Å². The molecule has 1 fully saturated rings. The molecular weight excluding hydrogens is 318 g/mol. The minimum atomic E-state index is -0.462. The summed E-state index contributed by atoms with van der Waals surface area (Å²) in [4.78, 5) is 18.4. The Morgan fingerprint density at radius 1 is 1.48 bits per heavy atom. The fourth-order valence-electron chi connectivity index (χ4n) is 3.03. The molecule has 6 nitrogen and oxygen atoms in total. The van der Waals surface area contributed by atoms with E-state index in [0.717, 1.165) is 25.1 Å². The van der Waals surface area contributed by atoms with Crippen molar-refractivity contribution in [3.05, 3.63) is 18.3 Å². The number of ether oxygens (including phenoxy) is 2. The second kappa shape index (κ2) is 8.41. The number of likely N-dealkylation sites (tertiary alicyclic amines) is 1. The van der Waals surface area contributed by atoms with Gasteiger partial charge in [0.1, 0.15) is 5.60 Å². The van der Waals surface area contributed by atoms with E-state index in [-0.39, 0.29) is 12.1 Å². The van der Waals surface area contributed by atoms with E-state index in [9.17, 15) is 4.79 Å². The minimum Gasteiger partial charge on any atom is -0.476 e. The lowest BCUT2D eigenvalue weighted by Crippen LogP contribution is -2.46. The molecule has 1 aliphatic rings. The lowest BCUT2D eigenvalue weighted by atomic mass is 9.91. The van der Waals surface area contributed by atoms with E-state index in [1.807, 2.05) is 44.7 Å². The van der Waals surface area contributed by atoms with Gasteiger partial charge in [0.2, 0.25) is 5.88 Å². The molecule has 2 unspecified atom stereocenters. The van der Waals surface area contributed by atoms with Crippen LogP contribution in [0.25, 0.3) is 0 Å². The van der Waals surface area contributed by atoms with Crippen LogP contribution in [0.3, 0.4) is 0 Å². The Balaban J connectivity index is 1.98. The summed E-state index contributed by atoms with van der Waals surface area (Å²) < 4.78 is 11.1. The fourth-order valence-corrected chi connectivity index (χ4v) is 3.03. The quantitative estimate of drug-likeness (QED) is 0.872. The van der Waals surface area contributed by atoms with Crippen molar-refractivity contribution in [2.24, 2.45) is 5.92 Å². The minimum absolute atomic E-state index is 0.202. The summed E-state index contributed by atoms with van der Waals surface area (Å²) in [7, 11) is 0. The summed E-state index contributed by atoms with van der Waals surface area (Å²) in [5, 5.41) is 3.51. The van der Waals surface area contributed by atoms with Gasteiger partial charge >= 0.3 is 6.09 Å². The molecule has 0 aliphatic carbocycles. The number of pyridine rings is 1. The molecule has 140 valence electrons. The number of carbonyl (C=O) groups is 1. The van der Waals surface area contributed by atoms with E-state index in [4.69, 9.17) is 9.47 Å². The summed E-state index contributed by atoms with van der Waals surface area (Å²) in [6.07, 6.45) is 3.57. The number of hydrogen-bond acceptors (Lipinski definition) is 5. The van der Waals surface area contributed by atoms with Gasteiger partial charge in [-0.2, -0.15) is 0 Å². The maximum absolute atomic E-state index is 12.3. The molecule has 1 amide bonds. The number of piperidine rings is 1. The van der Waals surface area contributed by atoms with Crippen LogP contribution in [0.5, 0.6) is 5.88 Å². The summed E-state index contributed by atoms with van der Waals surface area (Å²) in [6, 6.07) is 4.07. The molecule has 0 aromatic carbocycles. The van der Waals surface area contributed by atoms with Gasteiger partial charge in [0, 0.05) is 25.3 Å². The number of amides is 1. The first-order valence-corrected chi connectivity index (χ1v) is 9.12. The van der Waals surface area contributed by atoms with Crippen molar-refractivity contribution in [3.63, 3.8) is 0 Å². The SMILES string of the molecule is CCOc1ncccc1NC(C)C1CCCN(C(=O)OC(C)(C)C)C1. The normalized spacial score (nSPS) is 19.2. The Morgan fingerprint density at radius 2 is 2.24 bits per heavy atom. The van der Waals surface area contributed by atoms with Crippen molar-refractivity contribution >= 4 is 11.8 Å². The molecule has 0 bridgehead atoms. The van der Waals surface area contributed by atoms with Crippen molar-refractivity contribution < 1.29 is 14.3 Å². The lowest BCUT2D eigenvalue weighted by Gasteiger charge is -2.37. The molecule has 25 heavy (non-hydrogen) atoms. The number of rotatable bonds is 5. The maximum Gasteiger partial charge on any atom is 0.410 e. The second-order valence-electron chi connectivity index (χ2n) is 7.55. The van der Waals surface area contributed by atoms with Crippen LogP contribution in [0.1, 0.15) is 47.5 Å². The van der Waals surface area contributed by atoms with Crippen molar-refractivity contribution in [2.45, 2.75) is 59.1 Å². The molecule has 1 aliphatic heterocycles. The van der Waals surface area contributed by atoms with Crippen LogP contribution in [0, 0.1) is 5.92 Å². The molecule has 6 heteroatoms. The van der Waals surface area contributed by atoms with Crippen LogP contribution in [0.15, 0.2) is 18.3 Å². The zero-order chi connectivity index (χ0) is 18.4. The summed E-state index contributed by atoms with van der Waals surface area (Å²) in [6.45, 7) is 11.8. The first-order chi connectivity index (χ1) is 11.8. The Morgan fingerprint density at radius 3 is 2.92 bits per heavy atom. The van der Waals surface area contributed by atoms with E-state index < -0.39 is 5.60 Å². The Hall–Kier alpha value is -1.98. The van der Waals surface area contributed by atoms with Crippen LogP contribution < -0.4 is 10.1 Å². The smallest absolute Gasteiger partial charge is 0.410 e. The van der Waals surface area contributed by atoms with Gasteiger partial charge < -0.3 is 19.7 Å². The highest BCUT2D eigenvalue weighted by atomic mass is 16.6. The molecule has 1 aromatic heterocycles. The van der Waals surface area contributed by atoms with Crippen LogP contribution in [-0.4, -0.2) is 47.3 Å². The number of nitrogens with one attached hydrogen (secondary N) is 1. The topological polar surface area (TPSA) is 63.7 Å². The standard InChI is InChI=1S/C19H31N3O3/c1-6-24-17-16(10-7-11-20-17)21-14(2)15-9-8-12-22(13-15)18(23)25-19(3,4)5/h7,10-11,14-15,21H,6,8-9,12-13H2,1-5H3. The van der Waals surface area contributed by atoms with E-state index >= 15 is 0 Å². The summed E-state index contributed by atoms with van der Waals surface area (Å²) >= 11 is 0. The third-order valence-corrected chi connectivity index (χ3v) is 4.25. The molecule has 0 radical (unpaired) electrons. The highest BCUT2D eigenvalue weighted by Gasteiger charge is 2.30. The van der Waals surface area contributed by atoms with E-state index in [2.05, 4.69) is 17.2 Å². The summed E-state index contributed by atoms with van der Waals surface area (Å²) in [5.74, 6) is 0.979. The number of hydrogen-bond donors (Lipinski definition) is 1. The first-order valence-electron chi connectivity index (χ1n) is 9.12. The molecular formula is C19H31N3O3. The molecule has 2 heterocycles. The van der Waals surface area contributed by atoms with Gasteiger partial charge in [0.25, 0.3) is 0 Å². The predicted octanol–water partition coefficient (Wildman–Crippen LogP) is 3.93. The molecule has 2 rings (SSSR count). The number of carbonyl (C=O) groups excluding carboxylic acids is 1. The van der Waals surface area contributed by atoms with Crippen LogP contribution in [0.4, 0.5) is 10.5 Å². The van der Waals surface area contributed by atoms with Gasteiger partial charge in [-0.25, -0.2) is 9.78 Å². The number of aromatic nitrogens is 1. The second-order valence-corrected chi connectivity index (χ2v) is 7.55. The number of nitrogens with zero attached hydrogens (tertiary/aromatic N) is 2. The molecule has 1 aromatic rings. The third kappa shape index (κ3) is 5.80. The van der Waals surface area contributed by atoms with Gasteiger partial charge in [-0.3, -0.25) is 0 Å². The van der Waals surface area contributed by atoms with Crippen LogP contribution >= 0.6 is 0 Å². The van der Waals surface area contributed by atoms with Gasteiger partial charge in [-0.1, -0.05) is 0 Å². The van der Waals surface area contributed by atoms with Crippen molar-refractivity contribution in [3.8, 4) is 5.88 Å². The lowest BCUT2D eigenvalue weighted by molar-refractivity contribution is 0.0159. The van der Waals surface area contributed by atoms with Crippen LogP contribution in [-0.2, 0) is 4.74 Å². The zero-order valence-corrected chi connectivity index (χ0v) is 16.0. The molecule has 0 spiro atoms. The molecule has 1 saturated heterocycles. The predicted molar refractivity (Wildman–Crippen MR) is 99.0 cm³/mol. The molecule has 2 atom stereocenters.